The highest BCUT2D eigenvalue weighted by atomic mass is 19.1. The fraction of sp³-hybridized carbons (Fsp3) is 0.105. The lowest BCUT2D eigenvalue weighted by atomic mass is 10.1. The molecule has 0 bridgehead atoms. The predicted molar refractivity (Wildman–Crippen MR) is 95.0 cm³/mol. The molecule has 0 aliphatic carbocycles. The van der Waals surface area contributed by atoms with Gasteiger partial charge in [0, 0.05) is 18.4 Å². The number of nitrogens with zero attached hydrogens (tertiary/aromatic N) is 2. The summed E-state index contributed by atoms with van der Waals surface area (Å²) in [6.45, 7) is 0.463. The van der Waals surface area contributed by atoms with Crippen molar-refractivity contribution in [2.75, 3.05) is 17.2 Å². The molecule has 1 heterocycles. The molecule has 1 amide bonds. The number of anilines is 2. The summed E-state index contributed by atoms with van der Waals surface area (Å²) in [7, 11) is 0. The van der Waals surface area contributed by atoms with Gasteiger partial charge < -0.3 is 10.6 Å². The van der Waals surface area contributed by atoms with Gasteiger partial charge in [-0.15, -0.1) is 0 Å². The molecule has 3 aromatic rings. The molecular weight excluding hydrogens is 319 g/mol. The van der Waals surface area contributed by atoms with E-state index >= 15 is 0 Å². The molecule has 0 saturated carbocycles. The first-order valence-corrected chi connectivity index (χ1v) is 7.89. The summed E-state index contributed by atoms with van der Waals surface area (Å²) < 4.78 is 13.6. The third-order valence-electron chi connectivity index (χ3n) is 3.56. The molecule has 0 saturated heterocycles. The van der Waals surface area contributed by atoms with E-state index in [1.165, 1.54) is 12.3 Å². The van der Waals surface area contributed by atoms with Gasteiger partial charge in [0.1, 0.15) is 11.5 Å². The normalized spacial score (nSPS) is 10.3. The van der Waals surface area contributed by atoms with Crippen molar-refractivity contribution in [1.29, 1.82) is 0 Å². The zero-order valence-electron chi connectivity index (χ0n) is 13.4. The number of para-hydroxylation sites is 1. The highest BCUT2D eigenvalue weighted by molar-refractivity contribution is 6.02. The van der Waals surface area contributed by atoms with Crippen LogP contribution in [0, 0.1) is 5.82 Å². The summed E-state index contributed by atoms with van der Waals surface area (Å²) in [5.74, 6) is -0.219. The summed E-state index contributed by atoms with van der Waals surface area (Å²) >= 11 is 0. The van der Waals surface area contributed by atoms with Gasteiger partial charge in [0.05, 0.1) is 0 Å². The Balaban J connectivity index is 1.59. The molecule has 6 heteroatoms. The Kier molecular flexibility index (Phi) is 5.31. The second kappa shape index (κ2) is 8.01. The highest BCUT2D eigenvalue weighted by Crippen LogP contribution is 2.09. The van der Waals surface area contributed by atoms with Crippen molar-refractivity contribution >= 4 is 17.5 Å². The van der Waals surface area contributed by atoms with Gasteiger partial charge in [-0.05, 0) is 36.2 Å². The van der Waals surface area contributed by atoms with Crippen LogP contribution in [0.3, 0.4) is 0 Å². The Bertz CT molecular complexity index is 855. The van der Waals surface area contributed by atoms with Gasteiger partial charge in [0.15, 0.2) is 0 Å². The van der Waals surface area contributed by atoms with E-state index in [9.17, 15) is 9.18 Å². The Hall–Kier alpha value is -3.28. The molecule has 5 nitrogen and oxygen atoms in total. The number of hydrogen-bond acceptors (Lipinski definition) is 4. The van der Waals surface area contributed by atoms with E-state index in [0.717, 1.165) is 0 Å². The molecule has 0 aliphatic heterocycles. The molecule has 126 valence electrons. The molecule has 25 heavy (non-hydrogen) atoms. The van der Waals surface area contributed by atoms with Gasteiger partial charge in [-0.1, -0.05) is 36.4 Å². The van der Waals surface area contributed by atoms with E-state index in [0.29, 0.717) is 30.2 Å². The van der Waals surface area contributed by atoms with Crippen LogP contribution in [0.15, 0.2) is 66.9 Å². The van der Waals surface area contributed by atoms with Crippen LogP contribution in [0.4, 0.5) is 16.0 Å². The zero-order chi connectivity index (χ0) is 17.5. The molecule has 2 N–H and O–H groups in total. The van der Waals surface area contributed by atoms with Gasteiger partial charge in [0.2, 0.25) is 5.95 Å². The smallest absolute Gasteiger partial charge is 0.274 e. The van der Waals surface area contributed by atoms with Crippen LogP contribution in [-0.2, 0) is 6.42 Å². The molecule has 0 unspecified atom stereocenters. The molecule has 0 radical (unpaired) electrons. The van der Waals surface area contributed by atoms with E-state index in [1.54, 1.807) is 36.4 Å². The minimum Gasteiger partial charge on any atom is -0.354 e. The van der Waals surface area contributed by atoms with Crippen LogP contribution in [0.25, 0.3) is 0 Å². The van der Waals surface area contributed by atoms with Crippen molar-refractivity contribution < 1.29 is 9.18 Å². The summed E-state index contributed by atoms with van der Waals surface area (Å²) in [6.07, 6.45) is 2.01. The van der Waals surface area contributed by atoms with Gasteiger partial charge in [-0.25, -0.2) is 14.4 Å². The maximum Gasteiger partial charge on any atom is 0.274 e. The summed E-state index contributed by atoms with van der Waals surface area (Å²) in [5, 5.41) is 5.78. The van der Waals surface area contributed by atoms with Crippen LogP contribution >= 0.6 is 0 Å². The van der Waals surface area contributed by atoms with E-state index in [2.05, 4.69) is 20.6 Å². The first kappa shape index (κ1) is 16.6. The molecule has 2 aromatic carbocycles. The largest absolute Gasteiger partial charge is 0.354 e. The number of nitrogens with one attached hydrogen (secondary N) is 2. The zero-order valence-corrected chi connectivity index (χ0v) is 13.4. The van der Waals surface area contributed by atoms with Crippen molar-refractivity contribution in [2.45, 2.75) is 6.42 Å². The number of aromatic nitrogens is 2. The first-order chi connectivity index (χ1) is 12.2. The lowest BCUT2D eigenvalue weighted by Crippen LogP contribution is -2.16. The molecule has 0 aliphatic rings. The fourth-order valence-electron chi connectivity index (χ4n) is 2.30. The van der Waals surface area contributed by atoms with Crippen molar-refractivity contribution in [1.82, 2.24) is 9.97 Å². The molecule has 0 atom stereocenters. The number of carbonyl (C=O) groups is 1. The number of carbonyl (C=O) groups excluding carboxylic acids is 1. The van der Waals surface area contributed by atoms with Gasteiger partial charge in [-0.2, -0.15) is 0 Å². The topological polar surface area (TPSA) is 66.9 Å². The third-order valence-corrected chi connectivity index (χ3v) is 3.56. The van der Waals surface area contributed by atoms with Gasteiger partial charge in [-0.3, -0.25) is 4.79 Å². The lowest BCUT2D eigenvalue weighted by molar-refractivity contribution is 0.102. The highest BCUT2D eigenvalue weighted by Gasteiger charge is 2.09. The van der Waals surface area contributed by atoms with Crippen molar-refractivity contribution in [3.63, 3.8) is 0 Å². The molecule has 1 aromatic heterocycles. The Morgan fingerprint density at radius 1 is 1.00 bits per heavy atom. The van der Waals surface area contributed by atoms with Crippen LogP contribution in [-0.4, -0.2) is 22.4 Å². The Morgan fingerprint density at radius 2 is 1.76 bits per heavy atom. The first-order valence-electron chi connectivity index (χ1n) is 7.89. The third kappa shape index (κ3) is 4.60. The number of halogens is 1. The maximum atomic E-state index is 13.6. The monoisotopic (exact) mass is 336 g/mol. The molecule has 0 fully saturated rings. The van der Waals surface area contributed by atoms with Crippen molar-refractivity contribution in [3.8, 4) is 0 Å². The van der Waals surface area contributed by atoms with Crippen molar-refractivity contribution in [2.24, 2.45) is 0 Å². The molecule has 3 rings (SSSR count). The van der Waals surface area contributed by atoms with Crippen LogP contribution < -0.4 is 10.6 Å². The minimum absolute atomic E-state index is 0.235. The van der Waals surface area contributed by atoms with Crippen LogP contribution in [0.5, 0.6) is 0 Å². The van der Waals surface area contributed by atoms with Gasteiger partial charge >= 0.3 is 0 Å². The standard InChI is InChI=1S/C19H17FN4O/c20-16-9-5-4-6-14(16)10-12-21-19-22-13-11-17(24-19)18(25)23-15-7-2-1-3-8-15/h1-9,11,13H,10,12H2,(H,23,25)(H,21,22,24). The van der Waals surface area contributed by atoms with Crippen LogP contribution in [0.1, 0.15) is 16.1 Å². The van der Waals surface area contributed by atoms with E-state index < -0.39 is 0 Å². The fourth-order valence-corrected chi connectivity index (χ4v) is 2.30. The second-order valence-electron chi connectivity index (χ2n) is 5.35. The molecule has 0 spiro atoms. The second-order valence-corrected chi connectivity index (χ2v) is 5.35. The minimum atomic E-state index is -0.314. The quantitative estimate of drug-likeness (QED) is 0.723. The van der Waals surface area contributed by atoms with E-state index in [-0.39, 0.29) is 17.4 Å². The van der Waals surface area contributed by atoms with E-state index in [1.807, 2.05) is 18.2 Å². The Morgan fingerprint density at radius 3 is 2.56 bits per heavy atom. The SMILES string of the molecule is O=C(Nc1ccccc1)c1ccnc(NCCc2ccccc2F)n1. The van der Waals surface area contributed by atoms with Crippen molar-refractivity contribution in [3.05, 3.63) is 83.9 Å². The Labute approximate surface area is 145 Å². The number of hydrogen-bond donors (Lipinski definition) is 2. The average Bonchev–Trinajstić information content (AvgIpc) is 2.64. The molecular formula is C19H17FN4O. The lowest BCUT2D eigenvalue weighted by Gasteiger charge is -2.08. The number of rotatable bonds is 6. The van der Waals surface area contributed by atoms with Crippen LogP contribution in [0.2, 0.25) is 0 Å². The van der Waals surface area contributed by atoms with E-state index in [4.69, 9.17) is 0 Å². The summed E-state index contributed by atoms with van der Waals surface area (Å²) in [6, 6.07) is 17.3. The summed E-state index contributed by atoms with van der Waals surface area (Å²) in [5.41, 5.74) is 1.57. The predicted octanol–water partition coefficient (Wildman–Crippen LogP) is 3.52. The maximum absolute atomic E-state index is 13.6. The van der Waals surface area contributed by atoms with Gasteiger partial charge in [0.25, 0.3) is 5.91 Å². The number of amides is 1. The summed E-state index contributed by atoms with van der Waals surface area (Å²) in [4.78, 5) is 20.5. The number of benzene rings is 2. The average molecular weight is 336 g/mol.